The van der Waals surface area contributed by atoms with Gasteiger partial charge in [-0.2, -0.15) is 0 Å². The summed E-state index contributed by atoms with van der Waals surface area (Å²) in [5.74, 6) is 0.0787. The number of aromatic nitrogens is 2. The van der Waals surface area contributed by atoms with Crippen molar-refractivity contribution < 1.29 is 5.11 Å². The topological polar surface area (TPSA) is 38.1 Å². The number of thiazole rings is 1. The van der Waals surface area contributed by atoms with Crippen molar-refractivity contribution in [1.29, 1.82) is 0 Å². The third-order valence-corrected chi connectivity index (χ3v) is 5.31. The summed E-state index contributed by atoms with van der Waals surface area (Å²) in [7, 11) is 0. The van der Waals surface area contributed by atoms with Crippen molar-refractivity contribution in [2.45, 2.75) is 0 Å². The molecule has 0 saturated heterocycles. The van der Waals surface area contributed by atoms with Crippen LogP contribution in [-0.4, -0.2) is 14.7 Å². The van der Waals surface area contributed by atoms with Crippen LogP contribution in [0.1, 0.15) is 0 Å². The lowest BCUT2D eigenvalue weighted by Gasteiger charge is -2.06. The highest BCUT2D eigenvalue weighted by Crippen LogP contribution is 2.37. The predicted octanol–water partition coefficient (Wildman–Crippen LogP) is 5.84. The van der Waals surface area contributed by atoms with Crippen molar-refractivity contribution in [3.8, 4) is 22.1 Å². The standard InChI is InChI=1S/C18H11ClN2OS2/c19-12-5-3-6-13(10-12)21-17(22)16(24-18(21)23)15-9-8-11-4-1-2-7-14(11)20-15/h1-10,22H. The van der Waals surface area contributed by atoms with E-state index in [1.54, 1.807) is 16.7 Å². The smallest absolute Gasteiger partial charge is 0.217 e. The monoisotopic (exact) mass is 370 g/mol. The van der Waals surface area contributed by atoms with Crippen molar-refractivity contribution in [1.82, 2.24) is 9.55 Å². The second-order valence-corrected chi connectivity index (χ2v) is 7.31. The summed E-state index contributed by atoms with van der Waals surface area (Å²) >= 11 is 12.8. The van der Waals surface area contributed by atoms with Crippen LogP contribution in [0.5, 0.6) is 5.88 Å². The van der Waals surface area contributed by atoms with E-state index in [4.69, 9.17) is 23.8 Å². The molecule has 6 heteroatoms. The highest BCUT2D eigenvalue weighted by atomic mass is 35.5. The van der Waals surface area contributed by atoms with Gasteiger partial charge in [-0.3, -0.25) is 4.57 Å². The summed E-state index contributed by atoms with van der Waals surface area (Å²) in [5.41, 5.74) is 2.30. The van der Waals surface area contributed by atoms with E-state index < -0.39 is 0 Å². The third kappa shape index (κ3) is 2.60. The maximum Gasteiger partial charge on any atom is 0.217 e. The maximum absolute atomic E-state index is 10.7. The van der Waals surface area contributed by atoms with Crippen molar-refractivity contribution in [2.75, 3.05) is 0 Å². The van der Waals surface area contributed by atoms with Crippen LogP contribution in [0, 0.1) is 3.95 Å². The largest absolute Gasteiger partial charge is 0.493 e. The molecule has 2 heterocycles. The van der Waals surface area contributed by atoms with Gasteiger partial charge in [0.25, 0.3) is 0 Å². The van der Waals surface area contributed by atoms with Gasteiger partial charge in [0, 0.05) is 10.4 Å². The number of halogens is 1. The molecule has 0 aliphatic rings. The summed E-state index contributed by atoms with van der Waals surface area (Å²) in [6.07, 6.45) is 0. The number of benzene rings is 2. The molecule has 0 amide bonds. The van der Waals surface area contributed by atoms with Crippen LogP contribution >= 0.6 is 35.2 Å². The van der Waals surface area contributed by atoms with Gasteiger partial charge in [0.2, 0.25) is 5.88 Å². The molecule has 3 nitrogen and oxygen atoms in total. The number of pyridine rings is 1. The average Bonchev–Trinajstić information content (AvgIpc) is 2.89. The highest BCUT2D eigenvalue weighted by molar-refractivity contribution is 7.73. The van der Waals surface area contributed by atoms with Crippen LogP contribution < -0.4 is 0 Å². The molecule has 0 bridgehead atoms. The highest BCUT2D eigenvalue weighted by Gasteiger charge is 2.16. The Labute approximate surface area is 152 Å². The van der Waals surface area contributed by atoms with Crippen LogP contribution in [0.2, 0.25) is 5.02 Å². The minimum atomic E-state index is 0.0787. The molecule has 0 aliphatic carbocycles. The van der Waals surface area contributed by atoms with Crippen LogP contribution in [0.15, 0.2) is 60.7 Å². The average molecular weight is 371 g/mol. The molecule has 0 saturated carbocycles. The summed E-state index contributed by atoms with van der Waals surface area (Å²) in [6.45, 7) is 0. The van der Waals surface area contributed by atoms with Crippen LogP contribution in [0.25, 0.3) is 27.2 Å². The van der Waals surface area contributed by atoms with Gasteiger partial charge in [-0.05, 0) is 42.5 Å². The number of rotatable bonds is 2. The van der Waals surface area contributed by atoms with E-state index in [2.05, 4.69) is 4.98 Å². The van der Waals surface area contributed by atoms with Crippen molar-refractivity contribution in [3.05, 3.63) is 69.6 Å². The fourth-order valence-electron chi connectivity index (χ4n) is 2.57. The third-order valence-electron chi connectivity index (χ3n) is 3.68. The van der Waals surface area contributed by atoms with Gasteiger partial charge in [-0.1, -0.05) is 53.3 Å². The van der Waals surface area contributed by atoms with Crippen LogP contribution in [0.4, 0.5) is 0 Å². The molecule has 4 aromatic rings. The molecule has 118 valence electrons. The Morgan fingerprint density at radius 2 is 1.88 bits per heavy atom. The second kappa shape index (κ2) is 6.02. The normalized spacial score (nSPS) is 11.0. The Morgan fingerprint density at radius 1 is 1.04 bits per heavy atom. The summed E-state index contributed by atoms with van der Waals surface area (Å²) in [5, 5.41) is 12.3. The summed E-state index contributed by atoms with van der Waals surface area (Å²) in [4.78, 5) is 5.28. The molecule has 1 N–H and O–H groups in total. The number of aromatic hydroxyl groups is 1. The minimum Gasteiger partial charge on any atom is -0.493 e. The van der Waals surface area contributed by atoms with E-state index in [0.29, 0.717) is 19.5 Å². The zero-order valence-electron chi connectivity index (χ0n) is 12.3. The molecule has 0 unspecified atom stereocenters. The maximum atomic E-state index is 10.7. The van der Waals surface area contributed by atoms with Gasteiger partial charge >= 0.3 is 0 Å². The van der Waals surface area contributed by atoms with Crippen molar-refractivity contribution in [2.24, 2.45) is 0 Å². The first-order chi connectivity index (χ1) is 11.6. The first-order valence-electron chi connectivity index (χ1n) is 7.20. The molecule has 4 rings (SSSR count). The van der Waals surface area contributed by atoms with Crippen molar-refractivity contribution >= 4 is 46.1 Å². The number of para-hydroxylation sites is 1. The minimum absolute atomic E-state index is 0.0787. The lowest BCUT2D eigenvalue weighted by atomic mass is 10.2. The fraction of sp³-hybridized carbons (Fsp3) is 0. The summed E-state index contributed by atoms with van der Waals surface area (Å²) < 4.78 is 2.15. The number of hydrogen-bond acceptors (Lipinski definition) is 4. The molecule has 2 aromatic carbocycles. The number of hydrogen-bond donors (Lipinski definition) is 1. The van der Waals surface area contributed by atoms with Gasteiger partial charge in [-0.15, -0.1) is 0 Å². The lowest BCUT2D eigenvalue weighted by Crippen LogP contribution is -1.93. The van der Waals surface area contributed by atoms with E-state index in [9.17, 15) is 5.11 Å². The number of fused-ring (bicyclic) bond motifs is 1. The molecular weight excluding hydrogens is 360 g/mol. The van der Waals surface area contributed by atoms with Gasteiger partial charge in [0.15, 0.2) is 3.95 Å². The fourth-order valence-corrected chi connectivity index (χ4v) is 4.05. The molecule has 0 fully saturated rings. The molecule has 0 radical (unpaired) electrons. The molecular formula is C18H11ClN2OS2. The van der Waals surface area contributed by atoms with E-state index in [0.717, 1.165) is 16.6 Å². The molecule has 24 heavy (non-hydrogen) atoms. The summed E-state index contributed by atoms with van der Waals surface area (Å²) in [6, 6.07) is 19.0. The van der Waals surface area contributed by atoms with Gasteiger partial charge in [0.1, 0.15) is 4.88 Å². The van der Waals surface area contributed by atoms with E-state index >= 15 is 0 Å². The predicted molar refractivity (Wildman–Crippen MR) is 102 cm³/mol. The quantitative estimate of drug-likeness (QED) is 0.450. The first kappa shape index (κ1) is 15.3. The number of nitrogens with zero attached hydrogens (tertiary/aromatic N) is 2. The zero-order valence-corrected chi connectivity index (χ0v) is 14.7. The SMILES string of the molecule is Oc1c(-c2ccc3ccccc3n2)sc(=S)n1-c1cccc(Cl)c1. The Kier molecular flexibility index (Phi) is 3.84. The zero-order chi connectivity index (χ0) is 16.7. The molecule has 0 spiro atoms. The molecule has 2 aromatic heterocycles. The molecule has 0 aliphatic heterocycles. The molecule has 0 atom stereocenters. The van der Waals surface area contributed by atoms with Crippen molar-refractivity contribution in [3.63, 3.8) is 0 Å². The van der Waals surface area contributed by atoms with Crippen LogP contribution in [-0.2, 0) is 0 Å². The van der Waals surface area contributed by atoms with E-state index in [-0.39, 0.29) is 5.88 Å². The Balaban J connectivity index is 1.90. The van der Waals surface area contributed by atoms with Crippen LogP contribution in [0.3, 0.4) is 0 Å². The Morgan fingerprint density at radius 3 is 2.71 bits per heavy atom. The first-order valence-corrected chi connectivity index (χ1v) is 8.81. The van der Waals surface area contributed by atoms with Gasteiger partial charge < -0.3 is 5.11 Å². The van der Waals surface area contributed by atoms with E-state index in [1.165, 1.54) is 11.3 Å². The van der Waals surface area contributed by atoms with E-state index in [1.807, 2.05) is 48.5 Å². The van der Waals surface area contributed by atoms with Gasteiger partial charge in [0.05, 0.1) is 16.9 Å². The Bertz CT molecular complexity index is 1120. The lowest BCUT2D eigenvalue weighted by molar-refractivity contribution is 0.444. The second-order valence-electron chi connectivity index (χ2n) is 5.23. The Hall–Kier alpha value is -2.21. The van der Waals surface area contributed by atoms with Gasteiger partial charge in [-0.25, -0.2) is 4.98 Å².